The van der Waals surface area contributed by atoms with Crippen molar-refractivity contribution in [3.63, 3.8) is 0 Å². The predicted octanol–water partition coefficient (Wildman–Crippen LogP) is 0.659. The monoisotopic (exact) mass is 181 g/mol. The van der Waals surface area contributed by atoms with E-state index in [4.69, 9.17) is 14.8 Å². The van der Waals surface area contributed by atoms with Crippen molar-refractivity contribution in [2.24, 2.45) is 0 Å². The minimum Gasteiger partial charge on any atom is -0.481 e. The molecule has 0 spiro atoms. The molecule has 0 bridgehead atoms. The number of carbonyl (C=O) groups is 1. The van der Waals surface area contributed by atoms with Crippen molar-refractivity contribution in [3.05, 3.63) is 23.7 Å². The Morgan fingerprint density at radius 1 is 1.69 bits per heavy atom. The number of carboxylic acids is 1. The summed E-state index contributed by atoms with van der Waals surface area (Å²) in [6.07, 6.45) is -1.63. The van der Waals surface area contributed by atoms with E-state index >= 15 is 0 Å². The molecule has 0 aliphatic rings. The van der Waals surface area contributed by atoms with Gasteiger partial charge in [0.2, 0.25) is 5.76 Å². The summed E-state index contributed by atoms with van der Waals surface area (Å²) in [4.78, 5) is 10.2. The van der Waals surface area contributed by atoms with Gasteiger partial charge in [0.1, 0.15) is 17.9 Å². The van der Waals surface area contributed by atoms with Gasteiger partial charge < -0.3 is 14.6 Å². The van der Waals surface area contributed by atoms with Crippen LogP contribution in [0.2, 0.25) is 0 Å². The van der Waals surface area contributed by atoms with Crippen molar-refractivity contribution in [3.8, 4) is 6.07 Å². The Morgan fingerprint density at radius 2 is 2.38 bits per heavy atom. The zero-order valence-electron chi connectivity index (χ0n) is 6.60. The average molecular weight is 181 g/mol. The van der Waals surface area contributed by atoms with Gasteiger partial charge in [0.15, 0.2) is 0 Å². The lowest BCUT2D eigenvalue weighted by atomic mass is 10.2. The Labute approximate surface area is 73.8 Å². The van der Waals surface area contributed by atoms with E-state index in [1.54, 1.807) is 6.07 Å². The fourth-order valence-corrected chi connectivity index (χ4v) is 0.858. The van der Waals surface area contributed by atoms with Crippen molar-refractivity contribution in [2.75, 3.05) is 0 Å². The molecule has 13 heavy (non-hydrogen) atoms. The number of hydrogen-bond donors (Lipinski definition) is 2. The number of carboxylic acid groups (broad SMARTS) is 1. The highest BCUT2D eigenvalue weighted by Crippen LogP contribution is 2.18. The van der Waals surface area contributed by atoms with Gasteiger partial charge in [-0.25, -0.2) is 0 Å². The SMILES string of the molecule is N#Cc1ccc(C(O)CC(=O)O)o1. The Kier molecular flexibility index (Phi) is 2.67. The first-order chi connectivity index (χ1) is 6.13. The smallest absolute Gasteiger partial charge is 0.306 e. The van der Waals surface area contributed by atoms with Crippen LogP contribution >= 0.6 is 0 Å². The minimum atomic E-state index is -1.19. The van der Waals surface area contributed by atoms with E-state index in [2.05, 4.69) is 0 Å². The van der Waals surface area contributed by atoms with Gasteiger partial charge in [-0.2, -0.15) is 5.26 Å². The highest BCUT2D eigenvalue weighted by atomic mass is 16.4. The molecule has 1 unspecified atom stereocenters. The summed E-state index contributed by atoms with van der Waals surface area (Å²) >= 11 is 0. The van der Waals surface area contributed by atoms with E-state index in [1.165, 1.54) is 12.1 Å². The average Bonchev–Trinajstić information content (AvgIpc) is 2.50. The van der Waals surface area contributed by atoms with Crippen LogP contribution in [0.5, 0.6) is 0 Å². The second-order valence-electron chi connectivity index (χ2n) is 2.43. The first-order valence-electron chi connectivity index (χ1n) is 3.53. The number of rotatable bonds is 3. The molecule has 68 valence electrons. The lowest BCUT2D eigenvalue weighted by Gasteiger charge is -2.02. The van der Waals surface area contributed by atoms with Crippen molar-refractivity contribution < 1.29 is 19.4 Å². The number of nitrogens with zero attached hydrogens (tertiary/aromatic N) is 1. The van der Waals surface area contributed by atoms with Gasteiger partial charge in [0.25, 0.3) is 0 Å². The predicted molar refractivity (Wildman–Crippen MR) is 40.6 cm³/mol. The summed E-state index contributed by atoms with van der Waals surface area (Å²) < 4.78 is 4.82. The molecule has 1 atom stereocenters. The molecular weight excluding hydrogens is 174 g/mol. The van der Waals surface area contributed by atoms with Gasteiger partial charge in [-0.3, -0.25) is 4.79 Å². The van der Waals surface area contributed by atoms with E-state index in [-0.39, 0.29) is 11.5 Å². The molecule has 0 aromatic carbocycles. The highest BCUT2D eigenvalue weighted by molar-refractivity contribution is 5.67. The number of aliphatic hydroxyl groups excluding tert-OH is 1. The summed E-state index contributed by atoms with van der Waals surface area (Å²) in [5.74, 6) is -0.971. The van der Waals surface area contributed by atoms with Crippen molar-refractivity contribution in [1.29, 1.82) is 5.26 Å². The number of nitriles is 1. The van der Waals surface area contributed by atoms with E-state index in [0.717, 1.165) is 0 Å². The summed E-state index contributed by atoms with van der Waals surface area (Å²) in [6, 6.07) is 4.49. The first-order valence-corrected chi connectivity index (χ1v) is 3.53. The first kappa shape index (κ1) is 9.29. The maximum absolute atomic E-state index is 10.2. The molecule has 1 aromatic heterocycles. The topological polar surface area (TPSA) is 94.5 Å². The third-order valence-electron chi connectivity index (χ3n) is 1.43. The van der Waals surface area contributed by atoms with Crippen LogP contribution in [0.4, 0.5) is 0 Å². The molecule has 0 fully saturated rings. The van der Waals surface area contributed by atoms with Crippen LogP contribution in [-0.4, -0.2) is 16.2 Å². The third kappa shape index (κ3) is 2.32. The van der Waals surface area contributed by atoms with E-state index < -0.39 is 18.5 Å². The van der Waals surface area contributed by atoms with Gasteiger partial charge in [0, 0.05) is 0 Å². The van der Waals surface area contributed by atoms with Crippen LogP contribution in [0, 0.1) is 11.3 Å². The van der Waals surface area contributed by atoms with E-state index in [0.29, 0.717) is 0 Å². The molecule has 0 radical (unpaired) electrons. The molecule has 5 nitrogen and oxygen atoms in total. The molecular formula is C8H7NO4. The normalized spacial score (nSPS) is 12.0. The standard InChI is InChI=1S/C8H7NO4/c9-4-5-1-2-7(13-5)6(10)3-8(11)12/h1-2,6,10H,3H2,(H,11,12). The quantitative estimate of drug-likeness (QED) is 0.714. The molecule has 0 saturated heterocycles. The number of furan rings is 1. The Hall–Kier alpha value is -1.80. The van der Waals surface area contributed by atoms with Crippen LogP contribution in [-0.2, 0) is 4.79 Å². The minimum absolute atomic E-state index is 0.0550. The lowest BCUT2D eigenvalue weighted by Crippen LogP contribution is -2.04. The molecule has 2 N–H and O–H groups in total. The van der Waals surface area contributed by atoms with Crippen molar-refractivity contribution in [2.45, 2.75) is 12.5 Å². The molecule has 1 heterocycles. The highest BCUT2D eigenvalue weighted by Gasteiger charge is 2.15. The van der Waals surface area contributed by atoms with Crippen LogP contribution in [0.25, 0.3) is 0 Å². The van der Waals surface area contributed by atoms with Gasteiger partial charge in [-0.05, 0) is 12.1 Å². The van der Waals surface area contributed by atoms with Gasteiger partial charge in [0.05, 0.1) is 6.42 Å². The molecule has 0 aliphatic heterocycles. The van der Waals surface area contributed by atoms with Crippen molar-refractivity contribution in [1.82, 2.24) is 0 Å². The van der Waals surface area contributed by atoms with Crippen LogP contribution in [0.1, 0.15) is 24.0 Å². The second-order valence-corrected chi connectivity index (χ2v) is 2.43. The number of hydrogen-bond acceptors (Lipinski definition) is 4. The lowest BCUT2D eigenvalue weighted by molar-refractivity contribution is -0.139. The summed E-state index contributed by atoms with van der Waals surface area (Å²) in [7, 11) is 0. The Bertz CT molecular complexity index is 349. The van der Waals surface area contributed by atoms with Crippen LogP contribution in [0.15, 0.2) is 16.5 Å². The number of aliphatic carboxylic acids is 1. The molecule has 0 aliphatic carbocycles. The van der Waals surface area contributed by atoms with Crippen LogP contribution in [0.3, 0.4) is 0 Å². The molecule has 0 amide bonds. The van der Waals surface area contributed by atoms with Gasteiger partial charge in [-0.1, -0.05) is 0 Å². The zero-order chi connectivity index (χ0) is 9.84. The molecule has 1 rings (SSSR count). The molecule has 1 aromatic rings. The fraction of sp³-hybridized carbons (Fsp3) is 0.250. The maximum Gasteiger partial charge on any atom is 0.306 e. The molecule has 5 heteroatoms. The molecule has 0 saturated carbocycles. The van der Waals surface area contributed by atoms with Gasteiger partial charge >= 0.3 is 5.97 Å². The Balaban J connectivity index is 2.72. The third-order valence-corrected chi connectivity index (χ3v) is 1.43. The largest absolute Gasteiger partial charge is 0.481 e. The summed E-state index contributed by atoms with van der Waals surface area (Å²) in [5, 5.41) is 25.9. The van der Waals surface area contributed by atoms with Crippen LogP contribution < -0.4 is 0 Å². The summed E-state index contributed by atoms with van der Waals surface area (Å²) in [5.41, 5.74) is 0. The fourth-order valence-electron chi connectivity index (χ4n) is 0.858. The van der Waals surface area contributed by atoms with E-state index in [1.807, 2.05) is 0 Å². The second kappa shape index (κ2) is 3.74. The Morgan fingerprint density at radius 3 is 2.85 bits per heavy atom. The van der Waals surface area contributed by atoms with Crippen molar-refractivity contribution >= 4 is 5.97 Å². The number of aliphatic hydroxyl groups is 1. The zero-order valence-corrected chi connectivity index (χ0v) is 6.60. The van der Waals surface area contributed by atoms with Gasteiger partial charge in [-0.15, -0.1) is 0 Å². The van der Waals surface area contributed by atoms with E-state index in [9.17, 15) is 9.90 Å². The summed E-state index contributed by atoms with van der Waals surface area (Å²) in [6.45, 7) is 0. The maximum atomic E-state index is 10.2.